The molecule has 0 aromatic carbocycles. The number of nitrogens with zero attached hydrogens (tertiary/aromatic N) is 2. The van der Waals surface area contributed by atoms with Gasteiger partial charge in [-0.05, 0) is 25.8 Å². The van der Waals surface area contributed by atoms with Gasteiger partial charge in [0.15, 0.2) is 0 Å². The molecule has 1 aromatic rings. The zero-order valence-corrected chi connectivity index (χ0v) is 9.58. The van der Waals surface area contributed by atoms with Crippen molar-refractivity contribution in [3.05, 3.63) is 18.0 Å². The smallest absolute Gasteiger partial charge is 0.0534 e. The van der Waals surface area contributed by atoms with Gasteiger partial charge in [-0.25, -0.2) is 0 Å². The van der Waals surface area contributed by atoms with Gasteiger partial charge in [0.2, 0.25) is 0 Å². The first-order chi connectivity index (χ1) is 7.38. The molecule has 1 aromatic heterocycles. The van der Waals surface area contributed by atoms with Gasteiger partial charge in [0.1, 0.15) is 0 Å². The molecule has 2 rings (SSSR count). The van der Waals surface area contributed by atoms with E-state index in [0.29, 0.717) is 0 Å². The molecule has 1 heterocycles. The topological polar surface area (TPSA) is 29.9 Å². The van der Waals surface area contributed by atoms with E-state index >= 15 is 0 Å². The third-order valence-corrected chi connectivity index (χ3v) is 3.24. The van der Waals surface area contributed by atoms with Crippen LogP contribution in [0.4, 0.5) is 0 Å². The maximum absolute atomic E-state index is 4.41. The molecule has 0 unspecified atom stereocenters. The lowest BCUT2D eigenvalue weighted by Gasteiger charge is -2.21. The summed E-state index contributed by atoms with van der Waals surface area (Å²) in [4.78, 5) is 0. The van der Waals surface area contributed by atoms with Crippen LogP contribution in [0.1, 0.15) is 37.7 Å². The van der Waals surface area contributed by atoms with Crippen molar-refractivity contribution in [3.8, 4) is 0 Å². The fourth-order valence-corrected chi connectivity index (χ4v) is 2.44. The van der Waals surface area contributed by atoms with E-state index in [-0.39, 0.29) is 0 Å². The van der Waals surface area contributed by atoms with Crippen LogP contribution < -0.4 is 5.32 Å². The van der Waals surface area contributed by atoms with Gasteiger partial charge in [0, 0.05) is 24.8 Å². The lowest BCUT2D eigenvalue weighted by Crippen LogP contribution is -2.14. The van der Waals surface area contributed by atoms with E-state index in [1.165, 1.54) is 37.7 Å². The quantitative estimate of drug-likeness (QED) is 0.820. The second-order valence-electron chi connectivity index (χ2n) is 4.60. The summed E-state index contributed by atoms with van der Waals surface area (Å²) in [5, 5.41) is 7.55. The number of hydrogen-bond donors (Lipinski definition) is 1. The Balaban J connectivity index is 1.86. The first-order valence-electron chi connectivity index (χ1n) is 6.04. The molecule has 3 nitrogen and oxygen atoms in total. The minimum absolute atomic E-state index is 0.862. The summed E-state index contributed by atoms with van der Waals surface area (Å²) in [6, 6.07) is 0. The van der Waals surface area contributed by atoms with E-state index in [4.69, 9.17) is 0 Å². The third kappa shape index (κ3) is 3.06. The van der Waals surface area contributed by atoms with E-state index in [9.17, 15) is 0 Å². The highest BCUT2D eigenvalue weighted by molar-refractivity contribution is 5.03. The van der Waals surface area contributed by atoms with Crippen molar-refractivity contribution in [2.24, 2.45) is 5.92 Å². The Bertz CT molecular complexity index is 287. The van der Waals surface area contributed by atoms with Gasteiger partial charge in [-0.3, -0.25) is 4.68 Å². The molecule has 0 bridgehead atoms. The SMILES string of the molecule is CNCc1cnn(CC2CCCCC2)c1. The average Bonchev–Trinajstić information content (AvgIpc) is 2.68. The fourth-order valence-electron chi connectivity index (χ4n) is 2.44. The molecule has 0 atom stereocenters. The van der Waals surface area contributed by atoms with Gasteiger partial charge in [0.25, 0.3) is 0 Å². The molecule has 1 aliphatic rings. The normalized spacial score (nSPS) is 18.2. The Morgan fingerprint density at radius 3 is 2.93 bits per heavy atom. The molecule has 1 saturated carbocycles. The van der Waals surface area contributed by atoms with Gasteiger partial charge in [0.05, 0.1) is 6.20 Å². The molecule has 0 spiro atoms. The molecule has 0 saturated heterocycles. The molecule has 1 N–H and O–H groups in total. The zero-order valence-electron chi connectivity index (χ0n) is 9.58. The maximum Gasteiger partial charge on any atom is 0.0534 e. The van der Waals surface area contributed by atoms with Crippen LogP contribution in [-0.2, 0) is 13.1 Å². The molecular weight excluding hydrogens is 186 g/mol. The summed E-state index contributed by atoms with van der Waals surface area (Å²) in [7, 11) is 1.97. The second kappa shape index (κ2) is 5.31. The van der Waals surface area contributed by atoms with Crippen LogP contribution >= 0.6 is 0 Å². The van der Waals surface area contributed by atoms with Gasteiger partial charge in [-0.1, -0.05) is 19.3 Å². The van der Waals surface area contributed by atoms with Crippen LogP contribution in [0.2, 0.25) is 0 Å². The summed E-state index contributed by atoms with van der Waals surface area (Å²) in [6.45, 7) is 2.04. The summed E-state index contributed by atoms with van der Waals surface area (Å²) in [6.07, 6.45) is 11.2. The van der Waals surface area contributed by atoms with Crippen LogP contribution in [0.15, 0.2) is 12.4 Å². The molecule has 1 fully saturated rings. The molecular formula is C12H21N3. The van der Waals surface area contributed by atoms with Crippen molar-refractivity contribution in [2.45, 2.75) is 45.2 Å². The average molecular weight is 207 g/mol. The highest BCUT2D eigenvalue weighted by Crippen LogP contribution is 2.24. The molecule has 1 aliphatic carbocycles. The third-order valence-electron chi connectivity index (χ3n) is 3.24. The van der Waals surface area contributed by atoms with Crippen molar-refractivity contribution >= 4 is 0 Å². The predicted octanol–water partition coefficient (Wildman–Crippen LogP) is 2.18. The highest BCUT2D eigenvalue weighted by atomic mass is 15.3. The molecule has 0 aliphatic heterocycles. The number of aromatic nitrogens is 2. The van der Waals surface area contributed by atoms with Crippen LogP contribution in [-0.4, -0.2) is 16.8 Å². The summed E-state index contributed by atoms with van der Waals surface area (Å²) in [5.41, 5.74) is 1.29. The van der Waals surface area contributed by atoms with Crippen molar-refractivity contribution < 1.29 is 0 Å². The Kier molecular flexibility index (Phi) is 3.78. The first-order valence-corrected chi connectivity index (χ1v) is 6.04. The van der Waals surface area contributed by atoms with Gasteiger partial charge < -0.3 is 5.32 Å². The molecule has 15 heavy (non-hydrogen) atoms. The zero-order chi connectivity index (χ0) is 10.5. The molecule has 0 radical (unpaired) electrons. The monoisotopic (exact) mass is 207 g/mol. The van der Waals surface area contributed by atoms with Gasteiger partial charge in [-0.15, -0.1) is 0 Å². The minimum Gasteiger partial charge on any atom is -0.316 e. The predicted molar refractivity (Wildman–Crippen MR) is 61.6 cm³/mol. The number of rotatable bonds is 4. The first kappa shape index (κ1) is 10.7. The fraction of sp³-hybridized carbons (Fsp3) is 0.750. The number of nitrogens with one attached hydrogen (secondary N) is 1. The van der Waals surface area contributed by atoms with E-state index in [1.807, 2.05) is 13.2 Å². The number of hydrogen-bond acceptors (Lipinski definition) is 2. The summed E-state index contributed by atoms with van der Waals surface area (Å²) in [5.74, 6) is 0.862. The molecule has 84 valence electrons. The van der Waals surface area contributed by atoms with Crippen LogP contribution in [0.5, 0.6) is 0 Å². The van der Waals surface area contributed by atoms with Crippen molar-refractivity contribution in [1.82, 2.24) is 15.1 Å². The Morgan fingerprint density at radius 2 is 2.20 bits per heavy atom. The highest BCUT2D eigenvalue weighted by Gasteiger charge is 2.14. The lowest BCUT2D eigenvalue weighted by molar-refractivity contribution is 0.308. The van der Waals surface area contributed by atoms with Crippen LogP contribution in [0.3, 0.4) is 0 Å². The second-order valence-corrected chi connectivity index (χ2v) is 4.60. The minimum atomic E-state index is 0.862. The lowest BCUT2D eigenvalue weighted by atomic mass is 9.89. The van der Waals surface area contributed by atoms with E-state index in [0.717, 1.165) is 19.0 Å². The summed E-state index contributed by atoms with van der Waals surface area (Å²) >= 11 is 0. The molecule has 0 amide bonds. The van der Waals surface area contributed by atoms with Gasteiger partial charge >= 0.3 is 0 Å². The van der Waals surface area contributed by atoms with Gasteiger partial charge in [-0.2, -0.15) is 5.10 Å². The van der Waals surface area contributed by atoms with Crippen LogP contribution in [0.25, 0.3) is 0 Å². The Hall–Kier alpha value is -0.830. The maximum atomic E-state index is 4.41. The molecule has 3 heteroatoms. The Labute approximate surface area is 91.9 Å². The van der Waals surface area contributed by atoms with E-state index in [1.54, 1.807) is 0 Å². The van der Waals surface area contributed by atoms with E-state index in [2.05, 4.69) is 21.3 Å². The summed E-state index contributed by atoms with van der Waals surface area (Å²) < 4.78 is 2.11. The standard InChI is InChI=1S/C12H21N3/c1-13-7-12-8-14-15(10-12)9-11-5-3-2-4-6-11/h8,10-11,13H,2-7,9H2,1H3. The largest absolute Gasteiger partial charge is 0.316 e. The van der Waals surface area contributed by atoms with E-state index < -0.39 is 0 Å². The van der Waals surface area contributed by atoms with Crippen LogP contribution in [0, 0.1) is 5.92 Å². The Morgan fingerprint density at radius 1 is 1.40 bits per heavy atom. The van der Waals surface area contributed by atoms with Crippen molar-refractivity contribution in [2.75, 3.05) is 7.05 Å². The van der Waals surface area contributed by atoms with Crippen molar-refractivity contribution in [3.63, 3.8) is 0 Å². The van der Waals surface area contributed by atoms with Crippen molar-refractivity contribution in [1.29, 1.82) is 0 Å².